The van der Waals surface area contributed by atoms with E-state index in [0.29, 0.717) is 5.92 Å². The van der Waals surface area contributed by atoms with Gasteiger partial charge < -0.3 is 9.80 Å². The first-order valence-corrected chi connectivity index (χ1v) is 11.1. The second-order valence-corrected chi connectivity index (χ2v) is 9.06. The van der Waals surface area contributed by atoms with Crippen molar-refractivity contribution in [1.82, 2.24) is 25.2 Å². The first-order chi connectivity index (χ1) is 13.6. The van der Waals surface area contributed by atoms with E-state index in [1.807, 2.05) is 6.20 Å². The zero-order chi connectivity index (χ0) is 19.4. The third-order valence-corrected chi connectivity index (χ3v) is 7.20. The molecule has 2 aliphatic heterocycles. The van der Waals surface area contributed by atoms with E-state index in [2.05, 4.69) is 63.3 Å². The van der Waals surface area contributed by atoms with Crippen LogP contribution in [0.15, 0.2) is 30.5 Å². The van der Waals surface area contributed by atoms with Crippen LogP contribution in [0.5, 0.6) is 0 Å². The molecule has 2 aromatic rings. The van der Waals surface area contributed by atoms with Gasteiger partial charge in [-0.1, -0.05) is 43.7 Å². The van der Waals surface area contributed by atoms with Gasteiger partial charge >= 0.3 is 0 Å². The van der Waals surface area contributed by atoms with Crippen LogP contribution in [-0.2, 0) is 5.41 Å². The average Bonchev–Trinajstić information content (AvgIpc) is 3.27. The van der Waals surface area contributed by atoms with E-state index < -0.39 is 0 Å². The number of H-pyrrole nitrogens is 1. The van der Waals surface area contributed by atoms with E-state index in [9.17, 15) is 0 Å². The number of nitrogens with zero attached hydrogens (tertiary/aromatic N) is 4. The minimum atomic E-state index is 0.225. The average molecular weight is 382 g/mol. The van der Waals surface area contributed by atoms with Gasteiger partial charge in [0.15, 0.2) is 0 Å². The van der Waals surface area contributed by atoms with Crippen molar-refractivity contribution < 1.29 is 0 Å². The molecule has 2 fully saturated rings. The van der Waals surface area contributed by atoms with E-state index in [1.165, 1.54) is 76.9 Å². The fourth-order valence-corrected chi connectivity index (χ4v) is 5.03. The number of aromatic nitrogens is 3. The molecule has 4 rings (SSSR count). The minimum absolute atomic E-state index is 0.225. The maximum absolute atomic E-state index is 4.18. The molecule has 5 nitrogen and oxygen atoms in total. The van der Waals surface area contributed by atoms with Crippen molar-refractivity contribution in [2.24, 2.45) is 5.92 Å². The van der Waals surface area contributed by atoms with Crippen LogP contribution in [0.4, 0.5) is 0 Å². The Hall–Kier alpha value is -1.72. The van der Waals surface area contributed by atoms with Gasteiger partial charge in [-0.3, -0.25) is 5.10 Å². The molecule has 0 radical (unpaired) electrons. The van der Waals surface area contributed by atoms with Crippen molar-refractivity contribution in [1.29, 1.82) is 0 Å². The summed E-state index contributed by atoms with van der Waals surface area (Å²) >= 11 is 0. The van der Waals surface area contributed by atoms with Crippen LogP contribution < -0.4 is 0 Å². The second-order valence-electron chi connectivity index (χ2n) is 9.06. The minimum Gasteiger partial charge on any atom is -0.303 e. The van der Waals surface area contributed by atoms with Gasteiger partial charge in [0.1, 0.15) is 5.69 Å². The number of benzene rings is 1. The first kappa shape index (κ1) is 19.6. The van der Waals surface area contributed by atoms with E-state index in [-0.39, 0.29) is 5.41 Å². The Balaban J connectivity index is 1.34. The predicted molar refractivity (Wildman–Crippen MR) is 114 cm³/mol. The third-order valence-electron chi connectivity index (χ3n) is 7.20. The summed E-state index contributed by atoms with van der Waals surface area (Å²) in [6.07, 6.45) is 8.62. The van der Waals surface area contributed by atoms with Gasteiger partial charge in [0.25, 0.3) is 0 Å². The standard InChI is InChI=1S/C23H35N5/c1-19-18-28(14-7-13-27-11-4-3-5-12-27)15-10-23(19,2)21-9-6-8-20(16-21)22-17-24-26-25-22/h6,8-9,16-17,19H,3-5,7,10-15,18H2,1-2H3,(H,24,25,26). The smallest absolute Gasteiger partial charge is 0.112 e. The second kappa shape index (κ2) is 8.75. The summed E-state index contributed by atoms with van der Waals surface area (Å²) in [4.78, 5) is 5.36. The Labute approximate surface area is 169 Å². The van der Waals surface area contributed by atoms with Crippen molar-refractivity contribution in [3.05, 3.63) is 36.0 Å². The molecule has 28 heavy (non-hydrogen) atoms. The van der Waals surface area contributed by atoms with Crippen LogP contribution in [0, 0.1) is 5.92 Å². The topological polar surface area (TPSA) is 48.0 Å². The normalized spacial score (nSPS) is 27.1. The summed E-state index contributed by atoms with van der Waals surface area (Å²) in [5.41, 5.74) is 3.74. The molecule has 0 amide bonds. The van der Waals surface area contributed by atoms with Crippen molar-refractivity contribution in [2.45, 2.75) is 51.4 Å². The Kier molecular flexibility index (Phi) is 6.12. The number of rotatable bonds is 6. The zero-order valence-electron chi connectivity index (χ0n) is 17.5. The lowest BCUT2D eigenvalue weighted by atomic mass is 9.67. The zero-order valence-corrected chi connectivity index (χ0v) is 17.5. The maximum atomic E-state index is 4.18. The van der Waals surface area contributed by atoms with Gasteiger partial charge in [0, 0.05) is 18.3 Å². The molecule has 2 aliphatic rings. The van der Waals surface area contributed by atoms with Gasteiger partial charge in [-0.25, -0.2) is 0 Å². The third kappa shape index (κ3) is 4.31. The van der Waals surface area contributed by atoms with Crippen LogP contribution in [0.1, 0.15) is 51.5 Å². The highest BCUT2D eigenvalue weighted by molar-refractivity contribution is 5.59. The number of hydrogen-bond donors (Lipinski definition) is 1. The molecule has 152 valence electrons. The van der Waals surface area contributed by atoms with Gasteiger partial charge in [0.05, 0.1) is 0 Å². The lowest BCUT2D eigenvalue weighted by Gasteiger charge is -2.45. The van der Waals surface area contributed by atoms with E-state index in [0.717, 1.165) is 11.3 Å². The van der Waals surface area contributed by atoms with Crippen molar-refractivity contribution in [2.75, 3.05) is 39.3 Å². The summed E-state index contributed by atoms with van der Waals surface area (Å²) in [5, 5.41) is 10.9. The van der Waals surface area contributed by atoms with Crippen molar-refractivity contribution in [3.8, 4) is 11.3 Å². The molecule has 0 aliphatic carbocycles. The molecule has 1 aromatic carbocycles. The Morgan fingerprint density at radius 2 is 1.93 bits per heavy atom. The summed E-state index contributed by atoms with van der Waals surface area (Å²) in [5.74, 6) is 0.642. The number of hydrogen-bond acceptors (Lipinski definition) is 4. The number of piperidine rings is 2. The van der Waals surface area contributed by atoms with Crippen LogP contribution in [0.3, 0.4) is 0 Å². The highest BCUT2D eigenvalue weighted by Crippen LogP contribution is 2.40. The summed E-state index contributed by atoms with van der Waals surface area (Å²) < 4.78 is 0. The van der Waals surface area contributed by atoms with Crippen LogP contribution >= 0.6 is 0 Å². The molecule has 2 unspecified atom stereocenters. The Morgan fingerprint density at radius 1 is 1.11 bits per heavy atom. The molecular weight excluding hydrogens is 346 g/mol. The van der Waals surface area contributed by atoms with Crippen LogP contribution in [0.25, 0.3) is 11.3 Å². The SMILES string of the molecule is CC1CN(CCCN2CCCCC2)CCC1(C)c1cccc(-c2c[nH]nn2)c1. The first-order valence-electron chi connectivity index (χ1n) is 11.1. The molecule has 0 spiro atoms. The lowest BCUT2D eigenvalue weighted by molar-refractivity contribution is 0.105. The van der Waals surface area contributed by atoms with Gasteiger partial charge in [-0.2, -0.15) is 0 Å². The Bertz CT molecular complexity index is 737. The predicted octanol–water partition coefficient (Wildman–Crippen LogP) is 3.95. The lowest BCUT2D eigenvalue weighted by Crippen LogP contribution is -2.48. The molecule has 0 bridgehead atoms. The summed E-state index contributed by atoms with van der Waals surface area (Å²) in [6.45, 7) is 12.4. The quantitative estimate of drug-likeness (QED) is 0.823. The monoisotopic (exact) mass is 381 g/mol. The number of nitrogens with one attached hydrogen (secondary N) is 1. The summed E-state index contributed by atoms with van der Waals surface area (Å²) in [7, 11) is 0. The van der Waals surface area contributed by atoms with Crippen molar-refractivity contribution in [3.63, 3.8) is 0 Å². The molecule has 3 heterocycles. The molecule has 2 atom stereocenters. The Morgan fingerprint density at radius 3 is 2.68 bits per heavy atom. The van der Waals surface area contributed by atoms with Crippen LogP contribution in [-0.4, -0.2) is 64.5 Å². The van der Waals surface area contributed by atoms with E-state index in [4.69, 9.17) is 0 Å². The molecular formula is C23H35N5. The fourth-order valence-electron chi connectivity index (χ4n) is 5.03. The van der Waals surface area contributed by atoms with Gasteiger partial charge in [-0.15, -0.1) is 5.10 Å². The largest absolute Gasteiger partial charge is 0.303 e. The van der Waals surface area contributed by atoms with E-state index in [1.54, 1.807) is 0 Å². The fraction of sp³-hybridized carbons (Fsp3) is 0.652. The van der Waals surface area contributed by atoms with E-state index >= 15 is 0 Å². The molecule has 1 N–H and O–H groups in total. The highest BCUT2D eigenvalue weighted by atomic mass is 15.3. The molecule has 1 aromatic heterocycles. The number of likely N-dealkylation sites (tertiary alicyclic amines) is 2. The van der Waals surface area contributed by atoms with Crippen molar-refractivity contribution >= 4 is 0 Å². The van der Waals surface area contributed by atoms with Crippen LogP contribution in [0.2, 0.25) is 0 Å². The number of aromatic amines is 1. The highest BCUT2D eigenvalue weighted by Gasteiger charge is 2.37. The molecule has 2 saturated heterocycles. The maximum Gasteiger partial charge on any atom is 0.112 e. The summed E-state index contributed by atoms with van der Waals surface area (Å²) in [6, 6.07) is 8.92. The molecule has 5 heteroatoms. The van der Waals surface area contributed by atoms with Gasteiger partial charge in [0.2, 0.25) is 0 Å². The molecule has 0 saturated carbocycles. The van der Waals surface area contributed by atoms with Gasteiger partial charge in [-0.05, 0) is 81.4 Å².